The molecule has 0 saturated carbocycles. The Bertz CT molecular complexity index is 528. The first-order valence-corrected chi connectivity index (χ1v) is 8.43. The van der Waals surface area contributed by atoms with Crippen LogP contribution in [0, 0.1) is 0 Å². The SMILES string of the molecule is COCc1ccccc1CNC(=O)NCC(C)(C)N1CCOCC1. The molecule has 0 aliphatic carbocycles. The van der Waals surface area contributed by atoms with Gasteiger partial charge in [0.25, 0.3) is 0 Å². The molecule has 1 aromatic carbocycles. The fraction of sp³-hybridized carbons (Fsp3) is 0.611. The minimum absolute atomic E-state index is 0.0882. The zero-order valence-electron chi connectivity index (χ0n) is 14.9. The van der Waals surface area contributed by atoms with E-state index in [0.29, 0.717) is 19.7 Å². The summed E-state index contributed by atoms with van der Waals surface area (Å²) in [4.78, 5) is 14.5. The number of methoxy groups -OCH3 is 1. The van der Waals surface area contributed by atoms with Crippen molar-refractivity contribution in [2.24, 2.45) is 0 Å². The number of hydrogen-bond acceptors (Lipinski definition) is 4. The quantitative estimate of drug-likeness (QED) is 0.797. The topological polar surface area (TPSA) is 62.8 Å². The Hall–Kier alpha value is -1.63. The number of carbonyl (C=O) groups excluding carboxylic acids is 1. The second-order valence-corrected chi connectivity index (χ2v) is 6.65. The standard InChI is InChI=1S/C18H29N3O3/c1-18(2,21-8-10-24-11-9-21)14-20-17(22)19-12-15-6-4-5-7-16(15)13-23-3/h4-7H,8-14H2,1-3H3,(H2,19,20,22). The van der Waals surface area contributed by atoms with Crippen LogP contribution in [0.25, 0.3) is 0 Å². The zero-order valence-corrected chi connectivity index (χ0v) is 14.9. The molecule has 6 nitrogen and oxygen atoms in total. The van der Waals surface area contributed by atoms with Crippen LogP contribution >= 0.6 is 0 Å². The highest BCUT2D eigenvalue weighted by molar-refractivity contribution is 5.73. The maximum absolute atomic E-state index is 12.1. The van der Waals surface area contributed by atoms with Gasteiger partial charge in [0.1, 0.15) is 0 Å². The molecule has 1 saturated heterocycles. The van der Waals surface area contributed by atoms with Crippen LogP contribution in [0.2, 0.25) is 0 Å². The van der Waals surface area contributed by atoms with Crippen LogP contribution in [0.1, 0.15) is 25.0 Å². The van der Waals surface area contributed by atoms with Gasteiger partial charge < -0.3 is 20.1 Å². The van der Waals surface area contributed by atoms with E-state index in [1.165, 1.54) is 0 Å². The van der Waals surface area contributed by atoms with Crippen molar-refractivity contribution in [1.29, 1.82) is 0 Å². The predicted molar refractivity (Wildman–Crippen MR) is 93.9 cm³/mol. The van der Waals surface area contributed by atoms with Gasteiger partial charge in [-0.25, -0.2) is 4.79 Å². The van der Waals surface area contributed by atoms with Gasteiger partial charge >= 0.3 is 6.03 Å². The largest absolute Gasteiger partial charge is 0.380 e. The highest BCUT2D eigenvalue weighted by Gasteiger charge is 2.28. The summed E-state index contributed by atoms with van der Waals surface area (Å²) in [5.41, 5.74) is 2.07. The Kier molecular flexibility index (Phi) is 7.02. The Balaban J connectivity index is 1.79. The highest BCUT2D eigenvalue weighted by atomic mass is 16.5. The van der Waals surface area contributed by atoms with Crippen LogP contribution in [0.5, 0.6) is 0 Å². The number of urea groups is 1. The molecule has 1 aromatic rings. The van der Waals surface area contributed by atoms with Gasteiger partial charge in [0.15, 0.2) is 0 Å². The van der Waals surface area contributed by atoms with Crippen molar-refractivity contribution >= 4 is 6.03 Å². The Labute approximate surface area is 144 Å². The lowest BCUT2D eigenvalue weighted by Gasteiger charge is -2.40. The van der Waals surface area contributed by atoms with E-state index in [1.54, 1.807) is 7.11 Å². The van der Waals surface area contributed by atoms with Crippen LogP contribution in [-0.4, -0.2) is 56.4 Å². The molecule has 0 spiro atoms. The number of carbonyl (C=O) groups is 1. The van der Waals surface area contributed by atoms with Crippen molar-refractivity contribution in [2.45, 2.75) is 32.5 Å². The number of rotatable bonds is 7. The van der Waals surface area contributed by atoms with Gasteiger partial charge in [0.2, 0.25) is 0 Å². The van der Waals surface area contributed by atoms with E-state index in [2.05, 4.69) is 29.4 Å². The fourth-order valence-corrected chi connectivity index (χ4v) is 2.84. The van der Waals surface area contributed by atoms with Crippen LogP contribution in [-0.2, 0) is 22.6 Å². The molecule has 1 aliphatic rings. The monoisotopic (exact) mass is 335 g/mol. The van der Waals surface area contributed by atoms with Crippen molar-refractivity contribution < 1.29 is 14.3 Å². The molecule has 0 atom stereocenters. The van der Waals surface area contributed by atoms with Gasteiger partial charge in [0, 0.05) is 38.8 Å². The van der Waals surface area contributed by atoms with E-state index >= 15 is 0 Å². The maximum atomic E-state index is 12.1. The van der Waals surface area contributed by atoms with E-state index in [0.717, 1.165) is 37.4 Å². The lowest BCUT2D eigenvalue weighted by molar-refractivity contribution is -0.00874. The molecule has 2 amide bonds. The van der Waals surface area contributed by atoms with E-state index in [9.17, 15) is 4.79 Å². The van der Waals surface area contributed by atoms with Gasteiger partial charge in [-0.05, 0) is 25.0 Å². The molecule has 1 aliphatic heterocycles. The summed E-state index contributed by atoms with van der Waals surface area (Å²) in [6.45, 7) is 9.24. The third kappa shape index (κ3) is 5.47. The van der Waals surface area contributed by atoms with Crippen molar-refractivity contribution in [1.82, 2.24) is 15.5 Å². The Morgan fingerprint density at radius 1 is 1.21 bits per heavy atom. The average Bonchev–Trinajstić information content (AvgIpc) is 2.60. The van der Waals surface area contributed by atoms with E-state index < -0.39 is 0 Å². The lowest BCUT2D eigenvalue weighted by Crippen LogP contribution is -2.56. The van der Waals surface area contributed by atoms with Gasteiger partial charge in [-0.3, -0.25) is 4.90 Å². The van der Waals surface area contributed by atoms with Crippen LogP contribution < -0.4 is 10.6 Å². The second kappa shape index (κ2) is 9.01. The smallest absolute Gasteiger partial charge is 0.315 e. The summed E-state index contributed by atoms with van der Waals surface area (Å²) in [5, 5.41) is 5.90. The number of nitrogens with zero attached hydrogens (tertiary/aromatic N) is 1. The maximum Gasteiger partial charge on any atom is 0.315 e. The number of morpholine rings is 1. The number of ether oxygens (including phenoxy) is 2. The Morgan fingerprint density at radius 2 is 1.88 bits per heavy atom. The van der Waals surface area contributed by atoms with Gasteiger partial charge in [-0.1, -0.05) is 24.3 Å². The zero-order chi connectivity index (χ0) is 17.4. The molecule has 2 N–H and O–H groups in total. The molecular formula is C18H29N3O3. The van der Waals surface area contributed by atoms with Crippen molar-refractivity contribution in [3.8, 4) is 0 Å². The predicted octanol–water partition coefficient (Wildman–Crippen LogP) is 1.74. The molecular weight excluding hydrogens is 306 g/mol. The average molecular weight is 335 g/mol. The van der Waals surface area contributed by atoms with E-state index in [1.807, 2.05) is 24.3 Å². The number of hydrogen-bond donors (Lipinski definition) is 2. The summed E-state index contributed by atoms with van der Waals surface area (Å²) in [6.07, 6.45) is 0. The van der Waals surface area contributed by atoms with Crippen LogP contribution in [0.15, 0.2) is 24.3 Å². The molecule has 24 heavy (non-hydrogen) atoms. The minimum atomic E-state index is -0.149. The minimum Gasteiger partial charge on any atom is -0.380 e. The molecule has 0 unspecified atom stereocenters. The summed E-state index contributed by atoms with van der Waals surface area (Å²) in [7, 11) is 1.67. The normalized spacial score (nSPS) is 16.0. The van der Waals surface area contributed by atoms with Crippen LogP contribution in [0.4, 0.5) is 4.79 Å². The molecule has 0 radical (unpaired) electrons. The highest BCUT2D eigenvalue weighted by Crippen LogP contribution is 2.15. The number of amides is 2. The lowest BCUT2D eigenvalue weighted by atomic mass is 10.0. The van der Waals surface area contributed by atoms with Crippen molar-refractivity contribution in [3.05, 3.63) is 35.4 Å². The molecule has 2 rings (SSSR count). The first-order valence-electron chi connectivity index (χ1n) is 8.43. The summed E-state index contributed by atoms with van der Waals surface area (Å²) < 4.78 is 10.6. The van der Waals surface area contributed by atoms with Crippen LogP contribution in [0.3, 0.4) is 0 Å². The van der Waals surface area contributed by atoms with E-state index in [4.69, 9.17) is 9.47 Å². The van der Waals surface area contributed by atoms with E-state index in [-0.39, 0.29) is 11.6 Å². The van der Waals surface area contributed by atoms with Crippen molar-refractivity contribution in [2.75, 3.05) is 40.0 Å². The van der Waals surface area contributed by atoms with Crippen molar-refractivity contribution in [3.63, 3.8) is 0 Å². The fourth-order valence-electron chi connectivity index (χ4n) is 2.84. The molecule has 0 aromatic heterocycles. The first kappa shape index (κ1) is 18.7. The Morgan fingerprint density at radius 3 is 2.54 bits per heavy atom. The molecule has 0 bridgehead atoms. The summed E-state index contributed by atoms with van der Waals surface area (Å²) in [5.74, 6) is 0. The van der Waals surface area contributed by atoms with Gasteiger partial charge in [-0.2, -0.15) is 0 Å². The van der Waals surface area contributed by atoms with Gasteiger partial charge in [-0.15, -0.1) is 0 Å². The van der Waals surface area contributed by atoms with Gasteiger partial charge in [0.05, 0.1) is 19.8 Å². The third-order valence-electron chi connectivity index (χ3n) is 4.41. The molecule has 1 fully saturated rings. The summed E-state index contributed by atoms with van der Waals surface area (Å²) >= 11 is 0. The second-order valence-electron chi connectivity index (χ2n) is 6.65. The molecule has 1 heterocycles. The third-order valence-corrected chi connectivity index (χ3v) is 4.41. The molecule has 134 valence electrons. The molecule has 6 heteroatoms. The summed E-state index contributed by atoms with van der Waals surface area (Å²) in [6, 6.07) is 7.81. The number of benzene rings is 1. The number of nitrogens with one attached hydrogen (secondary N) is 2. The first-order chi connectivity index (χ1) is 11.5.